The van der Waals surface area contributed by atoms with Crippen LogP contribution in [0.2, 0.25) is 0 Å². The Morgan fingerprint density at radius 2 is 2.00 bits per heavy atom. The molecule has 1 aliphatic heterocycles. The van der Waals surface area contributed by atoms with E-state index in [0.717, 1.165) is 38.2 Å². The van der Waals surface area contributed by atoms with E-state index in [-0.39, 0.29) is 6.03 Å². The monoisotopic (exact) mass is 263 g/mol. The summed E-state index contributed by atoms with van der Waals surface area (Å²) in [6.07, 6.45) is 1.91. The number of ether oxygens (including phenoxy) is 1. The third-order valence-corrected chi connectivity index (χ3v) is 3.56. The number of urea groups is 1. The number of hydrogen-bond donors (Lipinski definition) is 2. The lowest BCUT2D eigenvalue weighted by Crippen LogP contribution is -2.46. The number of primary amides is 1. The lowest BCUT2D eigenvalue weighted by atomic mass is 10.0. The number of nitrogens with one attached hydrogen (secondary N) is 1. The van der Waals surface area contributed by atoms with Gasteiger partial charge in [0, 0.05) is 25.7 Å². The lowest BCUT2D eigenvalue weighted by molar-refractivity contribution is 0.185. The van der Waals surface area contributed by atoms with Crippen molar-refractivity contribution in [1.29, 1.82) is 0 Å². The van der Waals surface area contributed by atoms with Crippen molar-refractivity contribution in [2.75, 3.05) is 20.2 Å². The molecule has 1 heterocycles. The van der Waals surface area contributed by atoms with Gasteiger partial charge in [0.05, 0.1) is 7.11 Å². The van der Waals surface area contributed by atoms with Gasteiger partial charge >= 0.3 is 6.03 Å². The van der Waals surface area contributed by atoms with Crippen molar-refractivity contribution < 1.29 is 9.53 Å². The van der Waals surface area contributed by atoms with Gasteiger partial charge in [-0.2, -0.15) is 0 Å². The summed E-state index contributed by atoms with van der Waals surface area (Å²) in [4.78, 5) is 12.7. The molecule has 0 atom stereocenters. The van der Waals surface area contributed by atoms with Gasteiger partial charge in [-0.25, -0.2) is 4.79 Å². The van der Waals surface area contributed by atoms with E-state index >= 15 is 0 Å². The summed E-state index contributed by atoms with van der Waals surface area (Å²) in [6, 6.07) is 8.19. The van der Waals surface area contributed by atoms with E-state index in [1.54, 1.807) is 12.0 Å². The fourth-order valence-corrected chi connectivity index (χ4v) is 2.31. The highest BCUT2D eigenvalue weighted by atomic mass is 16.5. The minimum atomic E-state index is -0.311. The van der Waals surface area contributed by atoms with Crippen LogP contribution < -0.4 is 15.8 Å². The number of nitrogens with two attached hydrogens (primary N) is 1. The van der Waals surface area contributed by atoms with E-state index in [0.29, 0.717) is 6.04 Å². The van der Waals surface area contributed by atoms with Crippen molar-refractivity contribution in [1.82, 2.24) is 10.2 Å². The molecule has 0 aromatic heterocycles. The van der Waals surface area contributed by atoms with E-state index in [4.69, 9.17) is 10.5 Å². The Kier molecular flexibility index (Phi) is 4.63. The fourth-order valence-electron chi connectivity index (χ4n) is 2.31. The largest absolute Gasteiger partial charge is 0.497 e. The Hall–Kier alpha value is -1.75. The SMILES string of the molecule is COc1ccc(CNC2CCN(C(N)=O)CC2)cc1. The van der Waals surface area contributed by atoms with Crippen molar-refractivity contribution in [3.63, 3.8) is 0 Å². The Balaban J connectivity index is 1.75. The summed E-state index contributed by atoms with van der Waals surface area (Å²) in [7, 11) is 1.67. The average Bonchev–Trinajstić information content (AvgIpc) is 2.46. The molecule has 104 valence electrons. The van der Waals surface area contributed by atoms with E-state index in [9.17, 15) is 4.79 Å². The average molecular weight is 263 g/mol. The van der Waals surface area contributed by atoms with Gasteiger partial charge < -0.3 is 20.7 Å². The smallest absolute Gasteiger partial charge is 0.314 e. The number of methoxy groups -OCH3 is 1. The summed E-state index contributed by atoms with van der Waals surface area (Å²) < 4.78 is 5.13. The normalized spacial score (nSPS) is 16.4. The molecule has 0 aliphatic carbocycles. The zero-order valence-corrected chi connectivity index (χ0v) is 11.3. The zero-order valence-electron chi connectivity index (χ0n) is 11.3. The van der Waals surface area contributed by atoms with Gasteiger partial charge in [-0.3, -0.25) is 0 Å². The number of nitrogens with zero attached hydrogens (tertiary/aromatic N) is 1. The van der Waals surface area contributed by atoms with Gasteiger partial charge in [0.15, 0.2) is 0 Å². The quantitative estimate of drug-likeness (QED) is 0.861. The number of benzene rings is 1. The minimum Gasteiger partial charge on any atom is -0.497 e. The zero-order chi connectivity index (χ0) is 13.7. The number of amides is 2. The topological polar surface area (TPSA) is 67.6 Å². The highest BCUT2D eigenvalue weighted by Crippen LogP contribution is 2.13. The van der Waals surface area contributed by atoms with Gasteiger partial charge in [-0.05, 0) is 30.5 Å². The minimum absolute atomic E-state index is 0.311. The fraction of sp³-hybridized carbons (Fsp3) is 0.500. The number of likely N-dealkylation sites (tertiary alicyclic amines) is 1. The Morgan fingerprint density at radius 3 is 2.53 bits per heavy atom. The molecule has 1 saturated heterocycles. The molecule has 1 aromatic rings. The maximum Gasteiger partial charge on any atom is 0.314 e. The highest BCUT2D eigenvalue weighted by Gasteiger charge is 2.20. The molecule has 5 heteroatoms. The predicted molar refractivity (Wildman–Crippen MR) is 74.0 cm³/mol. The van der Waals surface area contributed by atoms with E-state index in [2.05, 4.69) is 17.4 Å². The van der Waals surface area contributed by atoms with Crippen molar-refractivity contribution in [2.24, 2.45) is 5.73 Å². The molecule has 2 amide bonds. The summed E-state index contributed by atoms with van der Waals surface area (Å²) in [5.74, 6) is 0.874. The Labute approximate surface area is 113 Å². The molecule has 19 heavy (non-hydrogen) atoms. The van der Waals surface area contributed by atoms with Gasteiger partial charge in [0.25, 0.3) is 0 Å². The van der Waals surface area contributed by atoms with Crippen LogP contribution in [0.4, 0.5) is 4.79 Å². The molecule has 0 unspecified atom stereocenters. The Bertz CT molecular complexity index is 411. The van der Waals surface area contributed by atoms with Crippen LogP contribution in [0.3, 0.4) is 0 Å². The van der Waals surface area contributed by atoms with Gasteiger partial charge in [-0.15, -0.1) is 0 Å². The summed E-state index contributed by atoms with van der Waals surface area (Å²) in [6.45, 7) is 2.33. The number of hydrogen-bond acceptors (Lipinski definition) is 3. The van der Waals surface area contributed by atoms with Crippen LogP contribution >= 0.6 is 0 Å². The molecule has 5 nitrogen and oxygen atoms in total. The maximum absolute atomic E-state index is 11.0. The van der Waals surface area contributed by atoms with Gasteiger partial charge in [-0.1, -0.05) is 12.1 Å². The van der Waals surface area contributed by atoms with Crippen LogP contribution in [0, 0.1) is 0 Å². The summed E-state index contributed by atoms with van der Waals surface area (Å²) >= 11 is 0. The van der Waals surface area contributed by atoms with Crippen LogP contribution in [0.1, 0.15) is 18.4 Å². The third-order valence-electron chi connectivity index (χ3n) is 3.56. The van der Waals surface area contributed by atoms with Crippen LogP contribution in [0.15, 0.2) is 24.3 Å². The first-order valence-corrected chi connectivity index (χ1v) is 6.59. The molecule has 1 fully saturated rings. The van der Waals surface area contributed by atoms with Crippen molar-refractivity contribution >= 4 is 6.03 Å². The van der Waals surface area contributed by atoms with Crippen molar-refractivity contribution in [2.45, 2.75) is 25.4 Å². The molecular formula is C14H21N3O2. The summed E-state index contributed by atoms with van der Waals surface area (Å²) in [5.41, 5.74) is 6.49. The predicted octanol–water partition coefficient (Wildman–Crippen LogP) is 1.33. The van der Waals surface area contributed by atoms with Gasteiger partial charge in [0.1, 0.15) is 5.75 Å². The first kappa shape index (κ1) is 13.7. The van der Waals surface area contributed by atoms with Crippen LogP contribution in [-0.4, -0.2) is 37.2 Å². The third kappa shape index (κ3) is 3.86. The van der Waals surface area contributed by atoms with Crippen LogP contribution in [0.5, 0.6) is 5.75 Å². The van der Waals surface area contributed by atoms with E-state index in [1.165, 1.54) is 5.56 Å². The molecule has 0 radical (unpaired) electrons. The van der Waals surface area contributed by atoms with Crippen molar-refractivity contribution in [3.05, 3.63) is 29.8 Å². The molecule has 0 spiro atoms. The number of carbonyl (C=O) groups excluding carboxylic acids is 1. The molecule has 3 N–H and O–H groups in total. The van der Waals surface area contributed by atoms with Gasteiger partial charge in [0.2, 0.25) is 0 Å². The Morgan fingerprint density at radius 1 is 1.37 bits per heavy atom. The van der Waals surface area contributed by atoms with Crippen molar-refractivity contribution in [3.8, 4) is 5.75 Å². The molecule has 1 aliphatic rings. The summed E-state index contributed by atoms with van der Waals surface area (Å²) in [5, 5.41) is 3.52. The maximum atomic E-state index is 11.0. The first-order valence-electron chi connectivity index (χ1n) is 6.59. The lowest BCUT2D eigenvalue weighted by Gasteiger charge is -2.31. The highest BCUT2D eigenvalue weighted by molar-refractivity contribution is 5.72. The van der Waals surface area contributed by atoms with Crippen LogP contribution in [0.25, 0.3) is 0 Å². The first-order chi connectivity index (χ1) is 9.19. The number of rotatable bonds is 4. The second-order valence-electron chi connectivity index (χ2n) is 4.83. The second kappa shape index (κ2) is 6.43. The number of carbonyl (C=O) groups is 1. The molecule has 0 saturated carbocycles. The molecule has 0 bridgehead atoms. The number of piperidine rings is 1. The molecule has 2 rings (SSSR count). The van der Waals surface area contributed by atoms with E-state index < -0.39 is 0 Å². The second-order valence-corrected chi connectivity index (χ2v) is 4.83. The molecule has 1 aromatic carbocycles. The van der Waals surface area contributed by atoms with E-state index in [1.807, 2.05) is 12.1 Å². The standard InChI is InChI=1S/C14H21N3O2/c1-19-13-4-2-11(3-5-13)10-16-12-6-8-17(9-7-12)14(15)18/h2-5,12,16H,6-10H2,1H3,(H2,15,18). The van der Waals surface area contributed by atoms with Crippen LogP contribution in [-0.2, 0) is 6.54 Å². The molecular weight excluding hydrogens is 242 g/mol.